The second kappa shape index (κ2) is 5.41. The summed E-state index contributed by atoms with van der Waals surface area (Å²) in [6.45, 7) is 4.58. The van der Waals surface area contributed by atoms with E-state index in [1.54, 1.807) is 6.07 Å². The molecule has 2 rings (SSSR count). The van der Waals surface area contributed by atoms with E-state index in [1.807, 2.05) is 26.0 Å². The number of sulfone groups is 1. The molecule has 0 saturated heterocycles. The first kappa shape index (κ1) is 13.6. The van der Waals surface area contributed by atoms with Crippen molar-refractivity contribution < 1.29 is 8.42 Å². The fraction of sp³-hybridized carbons (Fsp3) is 0.571. The van der Waals surface area contributed by atoms with Gasteiger partial charge in [0.15, 0.2) is 9.84 Å². The van der Waals surface area contributed by atoms with Crippen LogP contribution in [0.4, 0.5) is 0 Å². The first-order chi connectivity index (χ1) is 8.49. The highest BCUT2D eigenvalue weighted by Crippen LogP contribution is 2.20. The van der Waals surface area contributed by atoms with Gasteiger partial charge in [-0.3, -0.25) is 0 Å². The van der Waals surface area contributed by atoms with Crippen molar-refractivity contribution in [2.75, 3.05) is 12.3 Å². The normalized spacial score (nSPS) is 15.9. The minimum Gasteiger partial charge on any atom is -0.314 e. The van der Waals surface area contributed by atoms with Crippen LogP contribution in [0.15, 0.2) is 23.1 Å². The first-order valence-corrected chi connectivity index (χ1v) is 8.18. The SMILES string of the molecule is Cc1ccc(C)c(S(=O)(=O)CCCNC2CC2)c1. The maximum atomic E-state index is 12.2. The Balaban J connectivity index is 1.97. The maximum absolute atomic E-state index is 12.2. The van der Waals surface area contributed by atoms with Gasteiger partial charge in [0.25, 0.3) is 0 Å². The smallest absolute Gasteiger partial charge is 0.178 e. The summed E-state index contributed by atoms with van der Waals surface area (Å²) in [7, 11) is -3.13. The van der Waals surface area contributed by atoms with Gasteiger partial charge in [0.2, 0.25) is 0 Å². The third-order valence-corrected chi connectivity index (χ3v) is 5.21. The summed E-state index contributed by atoms with van der Waals surface area (Å²) in [5, 5.41) is 3.34. The molecule has 0 aliphatic heterocycles. The van der Waals surface area contributed by atoms with Crippen LogP contribution in [0.3, 0.4) is 0 Å². The highest BCUT2D eigenvalue weighted by Gasteiger charge is 2.21. The van der Waals surface area contributed by atoms with E-state index in [2.05, 4.69) is 5.32 Å². The van der Waals surface area contributed by atoms with Crippen LogP contribution >= 0.6 is 0 Å². The van der Waals surface area contributed by atoms with Gasteiger partial charge in [0, 0.05) is 6.04 Å². The quantitative estimate of drug-likeness (QED) is 0.804. The van der Waals surface area contributed by atoms with E-state index in [4.69, 9.17) is 0 Å². The van der Waals surface area contributed by atoms with Gasteiger partial charge in [0.1, 0.15) is 0 Å². The van der Waals surface area contributed by atoms with E-state index in [9.17, 15) is 8.42 Å². The Morgan fingerprint density at radius 1 is 1.28 bits per heavy atom. The molecule has 1 fully saturated rings. The van der Waals surface area contributed by atoms with E-state index < -0.39 is 9.84 Å². The average molecular weight is 267 g/mol. The van der Waals surface area contributed by atoms with E-state index in [-0.39, 0.29) is 5.75 Å². The predicted octanol–water partition coefficient (Wildman–Crippen LogP) is 2.22. The fourth-order valence-electron chi connectivity index (χ4n) is 2.01. The van der Waals surface area contributed by atoms with Crippen molar-refractivity contribution in [2.45, 2.75) is 44.0 Å². The summed E-state index contributed by atoms with van der Waals surface area (Å²) >= 11 is 0. The van der Waals surface area contributed by atoms with Gasteiger partial charge in [-0.2, -0.15) is 0 Å². The van der Waals surface area contributed by atoms with Gasteiger partial charge in [-0.05, 0) is 56.8 Å². The molecule has 1 aliphatic carbocycles. The van der Waals surface area contributed by atoms with Crippen molar-refractivity contribution in [3.05, 3.63) is 29.3 Å². The second-order valence-corrected chi connectivity index (χ2v) is 7.25. The molecule has 1 aliphatic rings. The summed E-state index contributed by atoms with van der Waals surface area (Å²) in [5.74, 6) is 0.233. The van der Waals surface area contributed by atoms with Gasteiger partial charge in [-0.15, -0.1) is 0 Å². The number of rotatable bonds is 6. The van der Waals surface area contributed by atoms with Gasteiger partial charge in [-0.1, -0.05) is 12.1 Å². The predicted molar refractivity (Wildman–Crippen MR) is 73.6 cm³/mol. The zero-order valence-electron chi connectivity index (χ0n) is 11.1. The summed E-state index contributed by atoms with van der Waals surface area (Å²) < 4.78 is 24.5. The molecule has 100 valence electrons. The topological polar surface area (TPSA) is 46.2 Å². The standard InChI is InChI=1S/C14H21NO2S/c1-11-4-5-12(2)14(10-11)18(16,17)9-3-8-15-13-6-7-13/h4-5,10,13,15H,3,6-9H2,1-2H3. The lowest BCUT2D eigenvalue weighted by atomic mass is 10.2. The van der Waals surface area contributed by atoms with Crippen LogP contribution in [0.5, 0.6) is 0 Å². The molecule has 0 spiro atoms. The van der Waals surface area contributed by atoms with Gasteiger partial charge >= 0.3 is 0 Å². The van der Waals surface area contributed by atoms with Crippen molar-refractivity contribution in [3.8, 4) is 0 Å². The molecule has 3 nitrogen and oxygen atoms in total. The largest absolute Gasteiger partial charge is 0.314 e. The van der Waals surface area contributed by atoms with E-state index >= 15 is 0 Å². The number of hydrogen-bond acceptors (Lipinski definition) is 3. The molecule has 1 saturated carbocycles. The monoisotopic (exact) mass is 267 g/mol. The van der Waals surface area contributed by atoms with E-state index in [0.717, 1.165) is 17.7 Å². The molecule has 4 heteroatoms. The van der Waals surface area contributed by atoms with Crippen LogP contribution < -0.4 is 5.32 Å². The van der Waals surface area contributed by atoms with Gasteiger partial charge in [-0.25, -0.2) is 8.42 Å². The zero-order chi connectivity index (χ0) is 13.2. The van der Waals surface area contributed by atoms with Crippen LogP contribution in [0.25, 0.3) is 0 Å². The molecule has 0 aromatic heterocycles. The number of benzene rings is 1. The molecular weight excluding hydrogens is 246 g/mol. The second-order valence-electron chi connectivity index (χ2n) is 5.17. The van der Waals surface area contributed by atoms with Gasteiger partial charge in [0.05, 0.1) is 10.6 Å². The number of aryl methyl sites for hydroxylation is 2. The zero-order valence-corrected chi connectivity index (χ0v) is 11.9. The van der Waals surface area contributed by atoms with E-state index in [1.165, 1.54) is 12.8 Å². The molecule has 1 aromatic carbocycles. The average Bonchev–Trinajstić information content (AvgIpc) is 3.12. The molecule has 0 heterocycles. The van der Waals surface area contributed by atoms with Crippen molar-refractivity contribution in [1.29, 1.82) is 0 Å². The molecule has 0 radical (unpaired) electrons. The van der Waals surface area contributed by atoms with Crippen LogP contribution in [0.1, 0.15) is 30.4 Å². The van der Waals surface area contributed by atoms with E-state index in [0.29, 0.717) is 17.4 Å². The van der Waals surface area contributed by atoms with Crippen molar-refractivity contribution >= 4 is 9.84 Å². The minimum absolute atomic E-state index is 0.233. The Labute approximate surface area is 110 Å². The van der Waals surface area contributed by atoms with Crippen LogP contribution in [0, 0.1) is 13.8 Å². The Morgan fingerprint density at radius 2 is 2.00 bits per heavy atom. The Hall–Kier alpha value is -0.870. The summed E-state index contributed by atoms with van der Waals surface area (Å²) in [6.07, 6.45) is 3.17. The Kier molecular flexibility index (Phi) is 4.07. The highest BCUT2D eigenvalue weighted by atomic mass is 32.2. The van der Waals surface area contributed by atoms with Crippen molar-refractivity contribution in [2.24, 2.45) is 0 Å². The Bertz CT molecular complexity index is 519. The minimum atomic E-state index is -3.13. The molecule has 0 unspecified atom stereocenters. The summed E-state index contributed by atoms with van der Waals surface area (Å²) in [4.78, 5) is 0.494. The molecule has 18 heavy (non-hydrogen) atoms. The van der Waals surface area contributed by atoms with Crippen molar-refractivity contribution in [3.63, 3.8) is 0 Å². The lowest BCUT2D eigenvalue weighted by Gasteiger charge is -2.09. The molecule has 1 aromatic rings. The number of nitrogens with one attached hydrogen (secondary N) is 1. The lowest BCUT2D eigenvalue weighted by Crippen LogP contribution is -2.20. The molecule has 1 N–H and O–H groups in total. The molecule has 0 bridgehead atoms. The molecule has 0 atom stereocenters. The summed E-state index contributed by atoms with van der Waals surface area (Å²) in [6, 6.07) is 6.25. The van der Waals surface area contributed by atoms with Crippen LogP contribution in [-0.4, -0.2) is 26.8 Å². The lowest BCUT2D eigenvalue weighted by molar-refractivity contribution is 0.587. The number of hydrogen-bond donors (Lipinski definition) is 1. The summed E-state index contributed by atoms with van der Waals surface area (Å²) in [5.41, 5.74) is 1.84. The van der Waals surface area contributed by atoms with Crippen LogP contribution in [-0.2, 0) is 9.84 Å². The Morgan fingerprint density at radius 3 is 2.67 bits per heavy atom. The molecule has 0 amide bonds. The molecular formula is C14H21NO2S. The fourth-order valence-corrected chi connectivity index (χ4v) is 3.68. The maximum Gasteiger partial charge on any atom is 0.178 e. The first-order valence-electron chi connectivity index (χ1n) is 6.52. The van der Waals surface area contributed by atoms with Crippen molar-refractivity contribution in [1.82, 2.24) is 5.32 Å². The van der Waals surface area contributed by atoms with Crippen LogP contribution in [0.2, 0.25) is 0 Å². The third kappa shape index (κ3) is 3.56. The highest BCUT2D eigenvalue weighted by molar-refractivity contribution is 7.91. The third-order valence-electron chi connectivity index (χ3n) is 3.28. The van der Waals surface area contributed by atoms with Gasteiger partial charge < -0.3 is 5.32 Å².